The van der Waals surface area contributed by atoms with E-state index in [1.165, 1.54) is 38.8 Å². The first-order valence-electron chi connectivity index (χ1n) is 7.42. The molecule has 0 aromatic rings. The van der Waals surface area contributed by atoms with E-state index >= 15 is 0 Å². The highest BCUT2D eigenvalue weighted by molar-refractivity contribution is 4.79. The monoisotopic (exact) mass is 240 g/mol. The molecule has 102 valence electrons. The Balaban J connectivity index is 2.10. The van der Waals surface area contributed by atoms with Gasteiger partial charge in [-0.05, 0) is 71.5 Å². The third-order valence-corrected chi connectivity index (χ3v) is 4.18. The fourth-order valence-corrected chi connectivity index (χ4v) is 3.01. The van der Waals surface area contributed by atoms with Crippen LogP contribution in [-0.2, 0) is 0 Å². The number of rotatable bonds is 6. The molecule has 0 bridgehead atoms. The van der Waals surface area contributed by atoms with Crippen molar-refractivity contribution >= 4 is 0 Å². The van der Waals surface area contributed by atoms with Crippen molar-refractivity contribution in [1.82, 2.24) is 10.2 Å². The maximum atomic E-state index is 3.75. The van der Waals surface area contributed by atoms with Crippen molar-refractivity contribution in [2.24, 2.45) is 11.8 Å². The second-order valence-corrected chi connectivity index (χ2v) is 6.50. The van der Waals surface area contributed by atoms with Gasteiger partial charge >= 0.3 is 0 Å². The Kier molecular flexibility index (Phi) is 6.50. The Morgan fingerprint density at radius 2 is 1.71 bits per heavy atom. The molecule has 1 fully saturated rings. The van der Waals surface area contributed by atoms with Gasteiger partial charge in [-0.3, -0.25) is 0 Å². The van der Waals surface area contributed by atoms with Gasteiger partial charge in [-0.15, -0.1) is 0 Å². The lowest BCUT2D eigenvalue weighted by atomic mass is 9.80. The molecule has 0 amide bonds. The highest BCUT2D eigenvalue weighted by atomic mass is 15.1. The Hall–Kier alpha value is -0.0800. The van der Waals surface area contributed by atoms with Gasteiger partial charge in [-0.1, -0.05) is 13.8 Å². The van der Waals surface area contributed by atoms with E-state index in [0.717, 1.165) is 17.9 Å². The van der Waals surface area contributed by atoms with E-state index in [4.69, 9.17) is 0 Å². The fraction of sp³-hybridized carbons (Fsp3) is 1.00. The van der Waals surface area contributed by atoms with Crippen LogP contribution in [0.2, 0.25) is 0 Å². The van der Waals surface area contributed by atoms with Crippen LogP contribution in [0, 0.1) is 11.8 Å². The predicted molar refractivity (Wildman–Crippen MR) is 76.4 cm³/mol. The molecule has 0 aromatic heterocycles. The number of nitrogens with one attached hydrogen (secondary N) is 1. The average Bonchev–Trinajstić information content (AvgIpc) is 2.22. The molecule has 0 aromatic carbocycles. The van der Waals surface area contributed by atoms with Gasteiger partial charge in [-0.25, -0.2) is 0 Å². The minimum absolute atomic E-state index is 0.671. The van der Waals surface area contributed by atoms with Gasteiger partial charge in [0, 0.05) is 12.1 Å². The Labute approximate surface area is 108 Å². The summed E-state index contributed by atoms with van der Waals surface area (Å²) in [4.78, 5) is 2.42. The second-order valence-electron chi connectivity index (χ2n) is 6.50. The minimum Gasteiger partial charge on any atom is -0.314 e. The summed E-state index contributed by atoms with van der Waals surface area (Å²) in [6.07, 6.45) is 5.46. The molecular formula is C15H32N2. The fourth-order valence-electron chi connectivity index (χ4n) is 3.01. The van der Waals surface area contributed by atoms with Crippen molar-refractivity contribution < 1.29 is 0 Å². The first-order chi connectivity index (χ1) is 7.99. The predicted octanol–water partition coefficient (Wildman–Crippen LogP) is 3.13. The van der Waals surface area contributed by atoms with Crippen molar-refractivity contribution in [3.63, 3.8) is 0 Å². The first-order valence-corrected chi connectivity index (χ1v) is 7.42. The quantitative estimate of drug-likeness (QED) is 0.718. The molecule has 0 saturated heterocycles. The summed E-state index contributed by atoms with van der Waals surface area (Å²) in [6.45, 7) is 11.7. The van der Waals surface area contributed by atoms with Gasteiger partial charge in [0.15, 0.2) is 0 Å². The van der Waals surface area contributed by atoms with Gasteiger partial charge in [0.05, 0.1) is 0 Å². The molecule has 17 heavy (non-hydrogen) atoms. The van der Waals surface area contributed by atoms with E-state index < -0.39 is 0 Å². The van der Waals surface area contributed by atoms with Crippen LogP contribution in [0.5, 0.6) is 0 Å². The highest BCUT2D eigenvalue weighted by Crippen LogP contribution is 2.28. The molecule has 2 atom stereocenters. The average molecular weight is 240 g/mol. The zero-order chi connectivity index (χ0) is 12.8. The Morgan fingerprint density at radius 3 is 2.24 bits per heavy atom. The first kappa shape index (κ1) is 15.0. The number of hydrogen-bond donors (Lipinski definition) is 1. The van der Waals surface area contributed by atoms with E-state index in [9.17, 15) is 0 Å². The van der Waals surface area contributed by atoms with E-state index in [1.807, 2.05) is 0 Å². The lowest BCUT2D eigenvalue weighted by Gasteiger charge is -2.32. The largest absolute Gasteiger partial charge is 0.314 e. The molecule has 0 spiro atoms. The maximum absolute atomic E-state index is 3.75. The molecule has 1 aliphatic carbocycles. The zero-order valence-corrected chi connectivity index (χ0v) is 12.5. The van der Waals surface area contributed by atoms with Crippen LogP contribution in [0.1, 0.15) is 53.4 Å². The summed E-state index contributed by atoms with van der Waals surface area (Å²) in [5.41, 5.74) is 0. The van der Waals surface area contributed by atoms with Crippen molar-refractivity contribution in [3.8, 4) is 0 Å². The van der Waals surface area contributed by atoms with E-state index in [0.29, 0.717) is 6.04 Å². The Bertz CT molecular complexity index is 193. The highest BCUT2D eigenvalue weighted by Gasteiger charge is 2.23. The second kappa shape index (κ2) is 7.38. The molecule has 0 radical (unpaired) electrons. The van der Waals surface area contributed by atoms with E-state index in [2.05, 4.69) is 45.0 Å². The summed E-state index contributed by atoms with van der Waals surface area (Å²) < 4.78 is 0. The van der Waals surface area contributed by atoms with Crippen molar-refractivity contribution in [2.45, 2.75) is 65.5 Å². The molecule has 1 N–H and O–H groups in total. The smallest absolute Gasteiger partial charge is 0.00721 e. The molecule has 1 saturated carbocycles. The van der Waals surface area contributed by atoms with E-state index in [-0.39, 0.29) is 0 Å². The summed E-state index contributed by atoms with van der Waals surface area (Å²) in [7, 11) is 2.22. The molecule has 2 unspecified atom stereocenters. The SMILES string of the molecule is CC1CC(C)CC(NCCCN(C)C(C)C)C1. The van der Waals surface area contributed by atoms with Crippen LogP contribution in [0.4, 0.5) is 0 Å². The molecule has 2 heteroatoms. The van der Waals surface area contributed by atoms with Gasteiger partial charge in [0.25, 0.3) is 0 Å². The minimum atomic E-state index is 0.671. The van der Waals surface area contributed by atoms with Crippen LogP contribution in [0.25, 0.3) is 0 Å². The number of nitrogens with zero attached hydrogens (tertiary/aromatic N) is 1. The number of hydrogen-bond acceptors (Lipinski definition) is 2. The van der Waals surface area contributed by atoms with E-state index in [1.54, 1.807) is 0 Å². The van der Waals surface area contributed by atoms with Crippen LogP contribution in [0.3, 0.4) is 0 Å². The van der Waals surface area contributed by atoms with Gasteiger partial charge < -0.3 is 10.2 Å². The molecule has 1 aliphatic rings. The Morgan fingerprint density at radius 1 is 1.12 bits per heavy atom. The summed E-state index contributed by atoms with van der Waals surface area (Å²) in [5.74, 6) is 1.82. The van der Waals surface area contributed by atoms with Gasteiger partial charge in [-0.2, -0.15) is 0 Å². The topological polar surface area (TPSA) is 15.3 Å². The molecule has 2 nitrogen and oxygen atoms in total. The van der Waals surface area contributed by atoms with Crippen molar-refractivity contribution in [3.05, 3.63) is 0 Å². The zero-order valence-electron chi connectivity index (χ0n) is 12.5. The summed E-state index contributed by atoms with van der Waals surface area (Å²) in [5, 5.41) is 3.75. The maximum Gasteiger partial charge on any atom is 0.00721 e. The standard InChI is InChI=1S/C15H32N2/c1-12(2)17(5)8-6-7-16-15-10-13(3)9-14(4)11-15/h12-16H,6-11H2,1-5H3. The molecule has 1 rings (SSSR count). The molecule has 0 aliphatic heterocycles. The normalized spacial score (nSPS) is 30.2. The van der Waals surface area contributed by atoms with Crippen LogP contribution < -0.4 is 5.32 Å². The molecular weight excluding hydrogens is 208 g/mol. The molecule has 0 heterocycles. The van der Waals surface area contributed by atoms with Crippen molar-refractivity contribution in [1.29, 1.82) is 0 Å². The summed E-state index contributed by atoms with van der Waals surface area (Å²) >= 11 is 0. The summed E-state index contributed by atoms with van der Waals surface area (Å²) in [6, 6.07) is 1.45. The third-order valence-electron chi connectivity index (χ3n) is 4.18. The van der Waals surface area contributed by atoms with Crippen molar-refractivity contribution in [2.75, 3.05) is 20.1 Å². The van der Waals surface area contributed by atoms with Crippen LogP contribution in [-0.4, -0.2) is 37.1 Å². The van der Waals surface area contributed by atoms with Crippen LogP contribution in [0.15, 0.2) is 0 Å². The lowest BCUT2D eigenvalue weighted by Crippen LogP contribution is -2.38. The van der Waals surface area contributed by atoms with Crippen LogP contribution >= 0.6 is 0 Å². The van der Waals surface area contributed by atoms with Gasteiger partial charge in [0.2, 0.25) is 0 Å². The van der Waals surface area contributed by atoms with Gasteiger partial charge in [0.1, 0.15) is 0 Å². The third kappa shape index (κ3) is 5.87. The lowest BCUT2D eigenvalue weighted by molar-refractivity contribution is 0.230.